The van der Waals surface area contributed by atoms with E-state index in [1.807, 2.05) is 24.3 Å². The average Bonchev–Trinajstić information content (AvgIpc) is 3.11. The Morgan fingerprint density at radius 2 is 1.68 bits per heavy atom. The molecule has 2 N–H and O–H groups in total. The largest absolute Gasteiger partial charge is 0.478 e. The average molecular weight is 412 g/mol. The van der Waals surface area contributed by atoms with Gasteiger partial charge in [-0.15, -0.1) is 0 Å². The number of carbonyl (C=O) groups excluding carboxylic acids is 1. The Balaban J connectivity index is 1.27. The molecular formula is C25H20N2O4. The number of hydrogen-bond acceptors (Lipinski definition) is 4. The van der Waals surface area contributed by atoms with E-state index < -0.39 is 12.1 Å². The molecule has 0 saturated heterocycles. The molecule has 6 heteroatoms. The zero-order valence-corrected chi connectivity index (χ0v) is 16.7. The molecule has 0 aliphatic heterocycles. The van der Waals surface area contributed by atoms with Crippen molar-refractivity contribution in [2.45, 2.75) is 12.3 Å². The van der Waals surface area contributed by atoms with E-state index in [0.717, 1.165) is 0 Å². The lowest BCUT2D eigenvalue weighted by atomic mass is 9.98. The molecule has 0 radical (unpaired) electrons. The number of fused-ring (bicyclic) bond motifs is 3. The maximum atomic E-state index is 12.1. The molecule has 1 amide bonds. The number of carboxylic acids is 1. The van der Waals surface area contributed by atoms with Gasteiger partial charge < -0.3 is 15.2 Å². The first kappa shape index (κ1) is 20.2. The molecular weight excluding hydrogens is 392 g/mol. The molecule has 6 nitrogen and oxygen atoms in total. The predicted molar refractivity (Wildman–Crippen MR) is 116 cm³/mol. The van der Waals surface area contributed by atoms with Crippen LogP contribution in [0.15, 0.2) is 66.9 Å². The Morgan fingerprint density at radius 3 is 2.29 bits per heavy atom. The number of alkyl carbamates (subject to hydrolysis) is 1. The molecule has 4 rings (SSSR count). The number of hydrogen-bond donors (Lipinski definition) is 2. The summed E-state index contributed by atoms with van der Waals surface area (Å²) < 4.78 is 5.47. The molecule has 2 aromatic carbocycles. The van der Waals surface area contributed by atoms with Gasteiger partial charge in [-0.1, -0.05) is 54.5 Å². The van der Waals surface area contributed by atoms with Crippen LogP contribution in [0.2, 0.25) is 0 Å². The van der Waals surface area contributed by atoms with Crippen LogP contribution >= 0.6 is 0 Å². The fraction of sp³-hybridized carbons (Fsp3) is 0.160. The summed E-state index contributed by atoms with van der Waals surface area (Å²) in [6.45, 7) is 0.613. The second-order valence-electron chi connectivity index (χ2n) is 7.04. The van der Waals surface area contributed by atoms with Crippen molar-refractivity contribution in [3.8, 4) is 23.0 Å². The molecule has 0 fully saturated rings. The highest BCUT2D eigenvalue weighted by Crippen LogP contribution is 2.44. The molecule has 1 heterocycles. The summed E-state index contributed by atoms with van der Waals surface area (Å²) in [5.41, 5.74) is 5.31. The monoisotopic (exact) mass is 412 g/mol. The van der Waals surface area contributed by atoms with Crippen molar-refractivity contribution in [1.82, 2.24) is 10.3 Å². The summed E-state index contributed by atoms with van der Waals surface area (Å²) in [6.07, 6.45) is 1.21. The minimum Gasteiger partial charge on any atom is -0.478 e. The number of carboxylic acid groups (broad SMARTS) is 1. The third-order valence-corrected chi connectivity index (χ3v) is 5.09. The summed E-state index contributed by atoms with van der Waals surface area (Å²) in [4.78, 5) is 26.9. The van der Waals surface area contributed by atoms with E-state index in [9.17, 15) is 9.59 Å². The predicted octanol–water partition coefficient (Wildman–Crippen LogP) is 4.06. The molecule has 0 spiro atoms. The van der Waals surface area contributed by atoms with Crippen molar-refractivity contribution >= 4 is 12.1 Å². The quantitative estimate of drug-likeness (QED) is 0.487. The first-order valence-corrected chi connectivity index (χ1v) is 9.90. The van der Waals surface area contributed by atoms with Gasteiger partial charge in [-0.3, -0.25) is 0 Å². The van der Waals surface area contributed by atoms with Crippen LogP contribution < -0.4 is 5.32 Å². The summed E-state index contributed by atoms with van der Waals surface area (Å²) in [5, 5.41) is 11.6. The highest BCUT2D eigenvalue weighted by atomic mass is 16.5. The fourth-order valence-electron chi connectivity index (χ4n) is 3.62. The van der Waals surface area contributed by atoms with Crippen LogP contribution in [0.1, 0.15) is 39.5 Å². The highest BCUT2D eigenvalue weighted by Gasteiger charge is 2.28. The molecule has 31 heavy (non-hydrogen) atoms. The normalized spacial score (nSPS) is 11.6. The van der Waals surface area contributed by atoms with Crippen molar-refractivity contribution in [2.75, 3.05) is 13.2 Å². The molecule has 154 valence electrons. The molecule has 1 aliphatic carbocycles. The molecule has 0 saturated carbocycles. The number of rotatable bonds is 5. The second kappa shape index (κ2) is 9.14. The zero-order valence-electron chi connectivity index (χ0n) is 16.7. The van der Waals surface area contributed by atoms with Gasteiger partial charge in [0, 0.05) is 25.1 Å². The van der Waals surface area contributed by atoms with Gasteiger partial charge in [-0.25, -0.2) is 14.6 Å². The van der Waals surface area contributed by atoms with E-state index in [0.29, 0.717) is 18.7 Å². The Bertz CT molecular complexity index is 1130. The van der Waals surface area contributed by atoms with Crippen LogP contribution in [0.3, 0.4) is 0 Å². The topological polar surface area (TPSA) is 88.5 Å². The smallest absolute Gasteiger partial charge is 0.407 e. The molecule has 3 aromatic rings. The van der Waals surface area contributed by atoms with Crippen molar-refractivity contribution in [3.05, 3.63) is 89.2 Å². The number of nitrogens with zero attached hydrogens (tertiary/aromatic N) is 1. The summed E-state index contributed by atoms with van der Waals surface area (Å²) in [6, 6.07) is 19.4. The van der Waals surface area contributed by atoms with E-state index in [1.165, 1.54) is 34.5 Å². The van der Waals surface area contributed by atoms with Crippen molar-refractivity contribution in [2.24, 2.45) is 0 Å². The minimum absolute atomic E-state index is 0.0257. The van der Waals surface area contributed by atoms with E-state index >= 15 is 0 Å². The third kappa shape index (κ3) is 4.57. The van der Waals surface area contributed by atoms with E-state index in [2.05, 4.69) is 46.4 Å². The number of amides is 1. The summed E-state index contributed by atoms with van der Waals surface area (Å²) in [5.74, 6) is 4.73. The summed E-state index contributed by atoms with van der Waals surface area (Å²) in [7, 11) is 0. The van der Waals surface area contributed by atoms with Gasteiger partial charge in [0.05, 0.1) is 5.56 Å². The van der Waals surface area contributed by atoms with Crippen molar-refractivity contribution in [3.63, 3.8) is 0 Å². The number of aromatic nitrogens is 1. The standard InChI is InChI=1S/C25H20N2O4/c28-24(29)17-12-13-18(27-15-17)7-5-6-14-26-25(30)31-16-23-21-10-3-1-8-19(21)20-9-2-4-11-22(20)23/h1-4,8-13,15,23H,6,14,16H2,(H,26,30)(H,28,29). The van der Waals surface area contributed by atoms with Crippen LogP contribution in [0.5, 0.6) is 0 Å². The van der Waals surface area contributed by atoms with Gasteiger partial charge in [-0.05, 0) is 40.3 Å². The maximum Gasteiger partial charge on any atom is 0.407 e. The number of carbonyl (C=O) groups is 2. The van der Waals surface area contributed by atoms with Crippen LogP contribution in [-0.2, 0) is 4.74 Å². The number of benzene rings is 2. The van der Waals surface area contributed by atoms with E-state index in [-0.39, 0.29) is 18.1 Å². The summed E-state index contributed by atoms with van der Waals surface area (Å²) >= 11 is 0. The lowest BCUT2D eigenvalue weighted by molar-refractivity contribution is 0.0696. The first-order valence-electron chi connectivity index (χ1n) is 9.90. The van der Waals surface area contributed by atoms with Gasteiger partial charge in [0.2, 0.25) is 0 Å². The van der Waals surface area contributed by atoms with E-state index in [4.69, 9.17) is 9.84 Å². The number of aromatic carboxylic acids is 1. The van der Waals surface area contributed by atoms with Crippen molar-refractivity contribution < 1.29 is 19.4 Å². The van der Waals surface area contributed by atoms with Crippen LogP contribution in [0.4, 0.5) is 4.79 Å². The Hall–Kier alpha value is -4.11. The minimum atomic E-state index is -1.03. The fourth-order valence-corrected chi connectivity index (χ4v) is 3.62. The lowest BCUT2D eigenvalue weighted by Crippen LogP contribution is -2.26. The van der Waals surface area contributed by atoms with Gasteiger partial charge >= 0.3 is 12.1 Å². The number of pyridine rings is 1. The first-order chi connectivity index (χ1) is 15.1. The molecule has 0 bridgehead atoms. The maximum absolute atomic E-state index is 12.1. The van der Waals surface area contributed by atoms with Gasteiger partial charge in [-0.2, -0.15) is 0 Å². The number of nitrogens with one attached hydrogen (secondary N) is 1. The SMILES string of the molecule is O=C(NCCC#Cc1ccc(C(=O)O)cn1)OCC1c2ccccc2-c2ccccc21. The van der Waals surface area contributed by atoms with Gasteiger partial charge in [0.15, 0.2) is 0 Å². The molecule has 0 unspecified atom stereocenters. The number of ether oxygens (including phenoxy) is 1. The van der Waals surface area contributed by atoms with Gasteiger partial charge in [0.25, 0.3) is 0 Å². The Kier molecular flexibility index (Phi) is 5.95. The van der Waals surface area contributed by atoms with E-state index in [1.54, 1.807) is 6.07 Å². The van der Waals surface area contributed by atoms with Gasteiger partial charge in [0.1, 0.15) is 12.3 Å². The van der Waals surface area contributed by atoms with Crippen LogP contribution in [-0.4, -0.2) is 35.3 Å². The molecule has 1 aromatic heterocycles. The van der Waals surface area contributed by atoms with Crippen molar-refractivity contribution in [1.29, 1.82) is 0 Å². The Labute approximate surface area is 179 Å². The second-order valence-corrected chi connectivity index (χ2v) is 7.04. The van der Waals surface area contributed by atoms with Crippen LogP contribution in [0, 0.1) is 11.8 Å². The lowest BCUT2D eigenvalue weighted by Gasteiger charge is -2.14. The van der Waals surface area contributed by atoms with Crippen LogP contribution in [0.25, 0.3) is 11.1 Å². The zero-order chi connectivity index (χ0) is 21.6. The highest BCUT2D eigenvalue weighted by molar-refractivity contribution is 5.87. The molecule has 0 atom stereocenters. The molecule has 1 aliphatic rings. The third-order valence-electron chi connectivity index (χ3n) is 5.09. The Morgan fingerprint density at radius 1 is 1.00 bits per heavy atom.